The fourth-order valence-corrected chi connectivity index (χ4v) is 5.21. The van der Waals surface area contributed by atoms with Gasteiger partial charge in [0, 0.05) is 23.7 Å². The monoisotopic (exact) mass is 413 g/mol. The number of benzene rings is 3. The predicted octanol–water partition coefficient (Wildman–Crippen LogP) is 4.34. The van der Waals surface area contributed by atoms with E-state index in [4.69, 9.17) is 11.6 Å². The fraction of sp³-hybridized carbons (Fsp3) is 0.227. The summed E-state index contributed by atoms with van der Waals surface area (Å²) in [5.41, 5.74) is 3.68. The van der Waals surface area contributed by atoms with Crippen LogP contribution in [0.1, 0.15) is 15.9 Å². The van der Waals surface area contributed by atoms with Gasteiger partial charge in [-0.3, -0.25) is 4.79 Å². The molecule has 0 radical (unpaired) electrons. The molecule has 0 unspecified atom stereocenters. The molecule has 1 fully saturated rings. The molecule has 4 nitrogen and oxygen atoms in total. The molecule has 0 saturated carbocycles. The molecule has 6 heteroatoms. The molecular weight excluding hydrogens is 394 g/mol. The predicted molar refractivity (Wildman–Crippen MR) is 114 cm³/mol. The number of amides is 1. The number of nitrogens with zero attached hydrogens (tertiary/aromatic N) is 1. The fourth-order valence-electron chi connectivity index (χ4n) is 3.71. The maximum Gasteiger partial charge on any atom is 0.254 e. The molecule has 0 aliphatic carbocycles. The van der Waals surface area contributed by atoms with Crippen LogP contribution in [-0.4, -0.2) is 43.8 Å². The molecule has 144 valence electrons. The van der Waals surface area contributed by atoms with Crippen molar-refractivity contribution in [2.75, 3.05) is 24.6 Å². The van der Waals surface area contributed by atoms with Crippen molar-refractivity contribution in [1.29, 1.82) is 0 Å². The summed E-state index contributed by atoms with van der Waals surface area (Å²) in [4.78, 5) is 14.7. The molecule has 0 N–H and O–H groups in total. The van der Waals surface area contributed by atoms with E-state index in [1.807, 2.05) is 55.5 Å². The number of halogens is 1. The quantitative estimate of drug-likeness (QED) is 0.628. The summed E-state index contributed by atoms with van der Waals surface area (Å²) in [6.45, 7) is 2.48. The molecule has 4 rings (SSSR count). The van der Waals surface area contributed by atoms with Gasteiger partial charge in [0.1, 0.15) is 0 Å². The smallest absolute Gasteiger partial charge is 0.254 e. The SMILES string of the molecule is Cc1cc(Cl)cc(-c2ccc(C(=O)N3CCS(=O)(=O)CC3)c3ccccc23)c1. The normalized spacial score (nSPS) is 16.3. The summed E-state index contributed by atoms with van der Waals surface area (Å²) >= 11 is 6.25. The lowest BCUT2D eigenvalue weighted by Crippen LogP contribution is -2.43. The lowest BCUT2D eigenvalue weighted by molar-refractivity contribution is 0.0772. The van der Waals surface area contributed by atoms with Gasteiger partial charge in [-0.05, 0) is 52.6 Å². The van der Waals surface area contributed by atoms with Crippen LogP contribution < -0.4 is 0 Å². The van der Waals surface area contributed by atoms with Crippen molar-refractivity contribution in [3.05, 3.63) is 70.7 Å². The molecule has 28 heavy (non-hydrogen) atoms. The number of hydrogen-bond acceptors (Lipinski definition) is 3. The first-order valence-corrected chi connectivity index (χ1v) is 11.3. The minimum absolute atomic E-state index is 0.0244. The minimum Gasteiger partial charge on any atom is -0.337 e. The van der Waals surface area contributed by atoms with Gasteiger partial charge in [0.25, 0.3) is 5.91 Å². The van der Waals surface area contributed by atoms with Crippen LogP contribution in [0, 0.1) is 6.92 Å². The van der Waals surface area contributed by atoms with Crippen LogP contribution >= 0.6 is 11.6 Å². The highest BCUT2D eigenvalue weighted by Crippen LogP contribution is 2.33. The van der Waals surface area contributed by atoms with E-state index in [0.717, 1.165) is 27.5 Å². The largest absolute Gasteiger partial charge is 0.337 e. The zero-order chi connectivity index (χ0) is 19.9. The first-order chi connectivity index (χ1) is 13.3. The molecule has 0 atom stereocenters. The van der Waals surface area contributed by atoms with E-state index in [1.54, 1.807) is 4.90 Å². The molecule has 0 spiro atoms. The average Bonchev–Trinajstić information content (AvgIpc) is 2.66. The van der Waals surface area contributed by atoms with E-state index in [2.05, 4.69) is 6.07 Å². The lowest BCUT2D eigenvalue weighted by atomic mass is 9.94. The summed E-state index contributed by atoms with van der Waals surface area (Å²) in [5, 5.41) is 2.50. The van der Waals surface area contributed by atoms with Crippen molar-refractivity contribution in [1.82, 2.24) is 4.90 Å². The Balaban J connectivity index is 1.79. The Kier molecular flexibility index (Phi) is 4.89. The van der Waals surface area contributed by atoms with Gasteiger partial charge in [-0.25, -0.2) is 8.42 Å². The van der Waals surface area contributed by atoms with Crippen molar-refractivity contribution in [2.24, 2.45) is 0 Å². The topological polar surface area (TPSA) is 54.5 Å². The van der Waals surface area contributed by atoms with Gasteiger partial charge in [0.2, 0.25) is 0 Å². The van der Waals surface area contributed by atoms with Crippen LogP contribution in [0.3, 0.4) is 0 Å². The second-order valence-corrected chi connectivity index (χ2v) is 9.91. The van der Waals surface area contributed by atoms with Crippen molar-refractivity contribution in [3.8, 4) is 11.1 Å². The van der Waals surface area contributed by atoms with E-state index < -0.39 is 9.84 Å². The van der Waals surface area contributed by atoms with Crippen LogP contribution in [-0.2, 0) is 9.84 Å². The van der Waals surface area contributed by atoms with Crippen LogP contribution in [0.25, 0.3) is 21.9 Å². The average molecular weight is 414 g/mol. The number of aryl methyl sites for hydroxylation is 1. The molecule has 1 aliphatic rings. The van der Waals surface area contributed by atoms with Crippen molar-refractivity contribution >= 4 is 38.1 Å². The van der Waals surface area contributed by atoms with E-state index in [0.29, 0.717) is 10.6 Å². The van der Waals surface area contributed by atoms with Crippen LogP contribution in [0.2, 0.25) is 5.02 Å². The highest BCUT2D eigenvalue weighted by Gasteiger charge is 2.26. The molecular formula is C22H20ClNO3S. The van der Waals surface area contributed by atoms with Crippen molar-refractivity contribution in [2.45, 2.75) is 6.92 Å². The van der Waals surface area contributed by atoms with Crippen LogP contribution in [0.15, 0.2) is 54.6 Å². The summed E-state index contributed by atoms with van der Waals surface area (Å²) in [7, 11) is -3.03. The van der Waals surface area contributed by atoms with Gasteiger partial charge in [-0.15, -0.1) is 0 Å². The van der Waals surface area contributed by atoms with Gasteiger partial charge >= 0.3 is 0 Å². The number of rotatable bonds is 2. The Morgan fingerprint density at radius 2 is 1.64 bits per heavy atom. The van der Waals surface area contributed by atoms with Gasteiger partial charge in [0.05, 0.1) is 11.5 Å². The molecule has 0 bridgehead atoms. The van der Waals surface area contributed by atoms with Gasteiger partial charge in [-0.1, -0.05) is 48.0 Å². The van der Waals surface area contributed by atoms with Gasteiger partial charge in [0.15, 0.2) is 9.84 Å². The third-order valence-corrected chi connectivity index (χ3v) is 6.97. The molecule has 1 heterocycles. The zero-order valence-electron chi connectivity index (χ0n) is 15.5. The van der Waals surface area contributed by atoms with Crippen LogP contribution in [0.4, 0.5) is 0 Å². The molecule has 3 aromatic rings. The second-order valence-electron chi connectivity index (χ2n) is 7.17. The molecule has 1 aliphatic heterocycles. The number of carbonyl (C=O) groups is 1. The third kappa shape index (κ3) is 3.64. The zero-order valence-corrected chi connectivity index (χ0v) is 17.1. The van der Waals surface area contributed by atoms with E-state index in [-0.39, 0.29) is 30.5 Å². The number of hydrogen-bond donors (Lipinski definition) is 0. The summed E-state index contributed by atoms with van der Waals surface area (Å²) < 4.78 is 23.4. The summed E-state index contributed by atoms with van der Waals surface area (Å²) in [6, 6.07) is 17.5. The van der Waals surface area contributed by atoms with Gasteiger partial charge < -0.3 is 4.90 Å². The Morgan fingerprint density at radius 1 is 0.964 bits per heavy atom. The first-order valence-electron chi connectivity index (χ1n) is 9.13. The maximum absolute atomic E-state index is 13.1. The van der Waals surface area contributed by atoms with Crippen molar-refractivity contribution in [3.63, 3.8) is 0 Å². The van der Waals surface area contributed by atoms with Gasteiger partial charge in [-0.2, -0.15) is 0 Å². The highest BCUT2D eigenvalue weighted by molar-refractivity contribution is 7.91. The van der Waals surface area contributed by atoms with Crippen LogP contribution in [0.5, 0.6) is 0 Å². The molecule has 1 amide bonds. The van der Waals surface area contributed by atoms with Crippen molar-refractivity contribution < 1.29 is 13.2 Å². The first kappa shape index (κ1) is 19.0. The number of sulfone groups is 1. The maximum atomic E-state index is 13.1. The molecule has 3 aromatic carbocycles. The lowest BCUT2D eigenvalue weighted by Gasteiger charge is -2.27. The standard InChI is InChI=1S/C22H20ClNO3S/c1-15-12-16(14-17(23)13-15)18-6-7-21(20-5-3-2-4-19(18)20)22(25)24-8-10-28(26,27)11-9-24/h2-7,12-14H,8-11H2,1H3. The summed E-state index contributed by atoms with van der Waals surface area (Å²) in [6.07, 6.45) is 0. The van der Waals surface area contributed by atoms with E-state index in [1.165, 1.54) is 0 Å². The Labute approximate surface area is 169 Å². The second kappa shape index (κ2) is 7.22. The Morgan fingerprint density at radius 3 is 2.32 bits per heavy atom. The van der Waals surface area contributed by atoms with E-state index >= 15 is 0 Å². The number of carbonyl (C=O) groups excluding carboxylic acids is 1. The Bertz CT molecular complexity index is 1150. The number of fused-ring (bicyclic) bond motifs is 1. The highest BCUT2D eigenvalue weighted by atomic mass is 35.5. The molecule has 0 aromatic heterocycles. The van der Waals surface area contributed by atoms with E-state index in [9.17, 15) is 13.2 Å². The summed E-state index contributed by atoms with van der Waals surface area (Å²) in [5.74, 6) is -0.0764. The molecule has 1 saturated heterocycles. The minimum atomic E-state index is -3.03. The Hall–Kier alpha value is -2.37. The third-order valence-electron chi connectivity index (χ3n) is 5.14.